The summed E-state index contributed by atoms with van der Waals surface area (Å²) in [6.07, 6.45) is 2.73. The molecule has 1 aliphatic rings. The molecule has 1 aliphatic heterocycles. The molecular weight excluding hydrogens is 510 g/mol. The second kappa shape index (κ2) is 11.3. The molecule has 0 N–H and O–H groups in total. The molecule has 0 bridgehead atoms. The lowest BCUT2D eigenvalue weighted by molar-refractivity contribution is 0.102. The SMILES string of the molecule is CCCN1CCc2c(sc3nc(SCC(=O)c4ccc(Cl)cc4)n(CCc4ccccc4)c(=O)c23)C1. The summed E-state index contributed by atoms with van der Waals surface area (Å²) >= 11 is 8.94. The standard InChI is InChI=1S/C28H28ClN3O2S2/c1-2-14-31-15-13-22-24(17-31)36-26-25(22)27(34)32(16-12-19-6-4-3-5-7-19)28(30-26)35-18-23(33)20-8-10-21(29)11-9-20/h3-11H,2,12-18H2,1H3. The molecule has 2 aromatic heterocycles. The number of aromatic nitrogens is 2. The lowest BCUT2D eigenvalue weighted by atomic mass is 10.1. The van der Waals surface area contributed by atoms with Crippen LogP contribution in [0.15, 0.2) is 64.5 Å². The van der Waals surface area contributed by atoms with E-state index in [1.807, 2.05) is 18.2 Å². The van der Waals surface area contributed by atoms with Gasteiger partial charge in [-0.1, -0.05) is 60.6 Å². The zero-order valence-electron chi connectivity index (χ0n) is 20.2. The van der Waals surface area contributed by atoms with Crippen LogP contribution in [0.1, 0.15) is 39.7 Å². The van der Waals surface area contributed by atoms with Crippen molar-refractivity contribution in [2.45, 2.75) is 44.4 Å². The Bertz CT molecular complexity index is 1430. The monoisotopic (exact) mass is 537 g/mol. The van der Waals surface area contributed by atoms with Crippen LogP contribution in [-0.4, -0.2) is 39.1 Å². The van der Waals surface area contributed by atoms with Crippen molar-refractivity contribution >= 4 is 50.7 Å². The number of hydrogen-bond donors (Lipinski definition) is 0. The van der Waals surface area contributed by atoms with Gasteiger partial charge in [-0.05, 0) is 61.2 Å². The molecule has 0 spiro atoms. The number of aryl methyl sites for hydroxylation is 1. The Morgan fingerprint density at radius 1 is 1.11 bits per heavy atom. The van der Waals surface area contributed by atoms with Crippen LogP contribution in [-0.2, 0) is 25.9 Å². The molecule has 0 unspecified atom stereocenters. The summed E-state index contributed by atoms with van der Waals surface area (Å²) in [5, 5.41) is 1.97. The third-order valence-corrected chi connectivity index (χ3v) is 8.85. The maximum absolute atomic E-state index is 13.9. The van der Waals surface area contributed by atoms with Gasteiger partial charge in [-0.15, -0.1) is 11.3 Å². The molecule has 5 nitrogen and oxygen atoms in total. The number of rotatable bonds is 9. The number of thioether (sulfide) groups is 1. The van der Waals surface area contributed by atoms with Gasteiger partial charge in [0.15, 0.2) is 10.9 Å². The average Bonchev–Trinajstić information content (AvgIpc) is 3.26. The van der Waals surface area contributed by atoms with Crippen molar-refractivity contribution in [2.24, 2.45) is 0 Å². The molecule has 8 heteroatoms. The number of Topliss-reactive ketones (excluding diaryl/α,β-unsaturated/α-hetero) is 1. The van der Waals surface area contributed by atoms with E-state index in [-0.39, 0.29) is 17.1 Å². The molecule has 36 heavy (non-hydrogen) atoms. The number of thiophene rings is 1. The molecule has 0 amide bonds. The Labute approximate surface area is 224 Å². The van der Waals surface area contributed by atoms with Crippen LogP contribution in [0, 0.1) is 0 Å². The lowest BCUT2D eigenvalue weighted by Gasteiger charge is -2.26. The van der Waals surface area contributed by atoms with Gasteiger partial charge in [0.2, 0.25) is 0 Å². The van der Waals surface area contributed by atoms with Crippen LogP contribution in [0.2, 0.25) is 5.02 Å². The molecule has 2 aromatic carbocycles. The molecule has 0 radical (unpaired) electrons. The minimum Gasteiger partial charge on any atom is -0.298 e. The van der Waals surface area contributed by atoms with E-state index in [9.17, 15) is 9.59 Å². The second-order valence-electron chi connectivity index (χ2n) is 9.02. The number of hydrogen-bond acceptors (Lipinski definition) is 6. The van der Waals surface area contributed by atoms with Crippen LogP contribution in [0.25, 0.3) is 10.2 Å². The molecule has 0 saturated carbocycles. The summed E-state index contributed by atoms with van der Waals surface area (Å²) < 4.78 is 1.78. The van der Waals surface area contributed by atoms with Gasteiger partial charge >= 0.3 is 0 Å². The summed E-state index contributed by atoms with van der Waals surface area (Å²) in [7, 11) is 0. The fourth-order valence-electron chi connectivity index (χ4n) is 4.66. The van der Waals surface area contributed by atoms with Gasteiger partial charge in [0, 0.05) is 35.1 Å². The zero-order valence-corrected chi connectivity index (χ0v) is 22.6. The van der Waals surface area contributed by atoms with E-state index < -0.39 is 0 Å². The molecule has 5 rings (SSSR count). The molecule has 4 aromatic rings. The van der Waals surface area contributed by atoms with Gasteiger partial charge in [-0.3, -0.25) is 19.1 Å². The Balaban J connectivity index is 1.48. The van der Waals surface area contributed by atoms with Gasteiger partial charge < -0.3 is 0 Å². The molecule has 186 valence electrons. The predicted molar refractivity (Wildman–Crippen MR) is 150 cm³/mol. The maximum atomic E-state index is 13.9. The number of ketones is 1. The molecule has 0 atom stereocenters. The van der Waals surface area contributed by atoms with Crippen molar-refractivity contribution in [1.29, 1.82) is 0 Å². The first-order chi connectivity index (χ1) is 17.5. The van der Waals surface area contributed by atoms with Crippen LogP contribution >= 0.6 is 34.7 Å². The largest absolute Gasteiger partial charge is 0.298 e. The van der Waals surface area contributed by atoms with Crippen molar-refractivity contribution in [3.05, 3.63) is 91.5 Å². The van der Waals surface area contributed by atoms with Crippen molar-refractivity contribution in [3.8, 4) is 0 Å². The number of carbonyl (C=O) groups excluding carboxylic acids is 1. The van der Waals surface area contributed by atoms with E-state index in [2.05, 4.69) is 24.0 Å². The fraction of sp³-hybridized carbons (Fsp3) is 0.321. The summed E-state index contributed by atoms with van der Waals surface area (Å²) in [4.78, 5) is 36.2. The third-order valence-electron chi connectivity index (χ3n) is 6.51. The molecule has 0 aliphatic carbocycles. The maximum Gasteiger partial charge on any atom is 0.263 e. The van der Waals surface area contributed by atoms with Crippen LogP contribution in [0.3, 0.4) is 0 Å². The fourth-order valence-corrected chi connectivity index (χ4v) is 7.01. The first-order valence-electron chi connectivity index (χ1n) is 12.3. The first-order valence-corrected chi connectivity index (χ1v) is 14.4. The van der Waals surface area contributed by atoms with Gasteiger partial charge in [0.1, 0.15) is 4.83 Å². The summed E-state index contributed by atoms with van der Waals surface area (Å²) in [6.45, 7) is 5.64. The van der Waals surface area contributed by atoms with E-state index >= 15 is 0 Å². The summed E-state index contributed by atoms with van der Waals surface area (Å²) in [5.41, 5.74) is 2.95. The Hall–Kier alpha value is -2.45. The van der Waals surface area contributed by atoms with Gasteiger partial charge in [0.25, 0.3) is 5.56 Å². The van der Waals surface area contributed by atoms with Crippen molar-refractivity contribution in [2.75, 3.05) is 18.8 Å². The minimum absolute atomic E-state index is 0.0127. The van der Waals surface area contributed by atoms with E-state index in [4.69, 9.17) is 16.6 Å². The number of carbonyl (C=O) groups is 1. The molecule has 3 heterocycles. The predicted octanol–water partition coefficient (Wildman–Crippen LogP) is 6.10. The van der Waals surface area contributed by atoms with E-state index in [1.54, 1.807) is 40.2 Å². The number of halogens is 1. The highest BCUT2D eigenvalue weighted by atomic mass is 35.5. The third kappa shape index (κ3) is 5.44. The van der Waals surface area contributed by atoms with Crippen molar-refractivity contribution < 1.29 is 4.79 Å². The smallest absolute Gasteiger partial charge is 0.263 e. The Kier molecular flexibility index (Phi) is 7.91. The highest BCUT2D eigenvalue weighted by Gasteiger charge is 2.25. The first kappa shape index (κ1) is 25.2. The van der Waals surface area contributed by atoms with Crippen molar-refractivity contribution in [1.82, 2.24) is 14.5 Å². The highest BCUT2D eigenvalue weighted by molar-refractivity contribution is 7.99. The van der Waals surface area contributed by atoms with Crippen LogP contribution < -0.4 is 5.56 Å². The number of benzene rings is 2. The Morgan fingerprint density at radius 2 is 1.89 bits per heavy atom. The van der Waals surface area contributed by atoms with Crippen LogP contribution in [0.4, 0.5) is 0 Å². The zero-order chi connectivity index (χ0) is 25.1. The average molecular weight is 538 g/mol. The van der Waals surface area contributed by atoms with Crippen molar-refractivity contribution in [3.63, 3.8) is 0 Å². The Morgan fingerprint density at radius 3 is 2.64 bits per heavy atom. The lowest BCUT2D eigenvalue weighted by Crippen LogP contribution is -2.31. The van der Waals surface area contributed by atoms with E-state index in [0.29, 0.717) is 22.3 Å². The highest BCUT2D eigenvalue weighted by Crippen LogP contribution is 2.34. The van der Waals surface area contributed by atoms with Crippen LogP contribution in [0.5, 0.6) is 0 Å². The van der Waals surface area contributed by atoms with E-state index in [1.165, 1.54) is 27.8 Å². The topological polar surface area (TPSA) is 55.2 Å². The molecular formula is C28H28ClN3O2S2. The molecule has 0 fully saturated rings. The van der Waals surface area contributed by atoms with E-state index in [0.717, 1.165) is 49.1 Å². The summed E-state index contributed by atoms with van der Waals surface area (Å²) in [5.74, 6) is 0.196. The quantitative estimate of drug-likeness (QED) is 0.147. The summed E-state index contributed by atoms with van der Waals surface area (Å²) in [6, 6.07) is 17.1. The van der Waals surface area contributed by atoms with Gasteiger partial charge in [-0.25, -0.2) is 4.98 Å². The van der Waals surface area contributed by atoms with Gasteiger partial charge in [0.05, 0.1) is 11.1 Å². The second-order valence-corrected chi connectivity index (χ2v) is 11.5. The number of fused-ring (bicyclic) bond motifs is 3. The minimum atomic E-state index is -0.0127. The van der Waals surface area contributed by atoms with Gasteiger partial charge in [-0.2, -0.15) is 0 Å². The number of nitrogens with zero attached hydrogens (tertiary/aromatic N) is 3. The molecule has 0 saturated heterocycles. The normalized spacial score (nSPS) is 13.7.